The van der Waals surface area contributed by atoms with Crippen molar-refractivity contribution in [1.82, 2.24) is 4.90 Å². The Labute approximate surface area is 133 Å². The van der Waals surface area contributed by atoms with Crippen molar-refractivity contribution < 1.29 is 19.4 Å². The van der Waals surface area contributed by atoms with E-state index < -0.39 is 11.4 Å². The fourth-order valence-corrected chi connectivity index (χ4v) is 3.64. The van der Waals surface area contributed by atoms with Gasteiger partial charge in [-0.25, -0.2) is 0 Å². The van der Waals surface area contributed by atoms with E-state index in [0.717, 1.165) is 5.56 Å². The molecule has 2 heterocycles. The first-order chi connectivity index (χ1) is 10.5. The lowest BCUT2D eigenvalue weighted by molar-refractivity contribution is -0.157. The van der Waals surface area contributed by atoms with E-state index in [1.807, 2.05) is 13.0 Å². The molecule has 0 spiro atoms. The molecule has 0 radical (unpaired) electrons. The lowest BCUT2D eigenvalue weighted by Gasteiger charge is -2.33. The Bertz CT molecular complexity index is 633. The zero-order valence-corrected chi connectivity index (χ0v) is 13.1. The van der Waals surface area contributed by atoms with E-state index in [1.165, 1.54) is 0 Å². The number of likely N-dealkylation sites (tertiary alicyclic amines) is 1. The zero-order chi connectivity index (χ0) is 15.9. The monoisotopic (exact) mass is 323 g/mol. The topological polar surface area (TPSA) is 66.8 Å². The SMILES string of the molecule is Cc1cccc(C(=O)N2C[C@H]3COCC[C@@]3(C(=O)O)C2)c1Cl. The van der Waals surface area contributed by atoms with Gasteiger partial charge >= 0.3 is 5.97 Å². The predicted octanol–water partition coefficient (Wildman–Crippen LogP) is 2.21. The number of fused-ring (bicyclic) bond motifs is 1. The molecule has 118 valence electrons. The van der Waals surface area contributed by atoms with Crippen LogP contribution < -0.4 is 0 Å². The summed E-state index contributed by atoms with van der Waals surface area (Å²) in [7, 11) is 0. The zero-order valence-electron chi connectivity index (χ0n) is 12.3. The summed E-state index contributed by atoms with van der Waals surface area (Å²) in [5, 5.41) is 10.1. The van der Waals surface area contributed by atoms with Crippen LogP contribution in [-0.2, 0) is 9.53 Å². The van der Waals surface area contributed by atoms with E-state index in [1.54, 1.807) is 17.0 Å². The third kappa shape index (κ3) is 2.29. The quantitative estimate of drug-likeness (QED) is 0.906. The van der Waals surface area contributed by atoms with Crippen molar-refractivity contribution in [2.75, 3.05) is 26.3 Å². The molecule has 2 atom stereocenters. The Morgan fingerprint density at radius 2 is 2.23 bits per heavy atom. The number of hydrogen-bond donors (Lipinski definition) is 1. The van der Waals surface area contributed by atoms with Crippen LogP contribution in [0.15, 0.2) is 18.2 Å². The molecule has 2 aliphatic heterocycles. The van der Waals surface area contributed by atoms with Crippen LogP contribution in [0.4, 0.5) is 0 Å². The molecule has 3 rings (SSSR count). The van der Waals surface area contributed by atoms with Crippen LogP contribution in [0.3, 0.4) is 0 Å². The minimum atomic E-state index is -0.885. The predicted molar refractivity (Wildman–Crippen MR) is 81.1 cm³/mol. The maximum absolute atomic E-state index is 12.7. The molecule has 2 saturated heterocycles. The summed E-state index contributed by atoms with van der Waals surface area (Å²) in [4.78, 5) is 26.1. The lowest BCUT2D eigenvalue weighted by atomic mass is 9.74. The molecule has 6 heteroatoms. The van der Waals surface area contributed by atoms with Crippen molar-refractivity contribution in [1.29, 1.82) is 0 Å². The van der Waals surface area contributed by atoms with Crippen LogP contribution in [0.25, 0.3) is 0 Å². The lowest BCUT2D eigenvalue weighted by Crippen LogP contribution is -2.45. The average Bonchev–Trinajstić information content (AvgIpc) is 2.90. The number of amides is 1. The molecule has 1 amide bonds. The highest BCUT2D eigenvalue weighted by atomic mass is 35.5. The third-order valence-corrected chi connectivity index (χ3v) is 5.34. The fourth-order valence-electron chi connectivity index (χ4n) is 3.44. The summed E-state index contributed by atoms with van der Waals surface area (Å²) in [6.07, 6.45) is 0.443. The van der Waals surface area contributed by atoms with Crippen molar-refractivity contribution >= 4 is 23.5 Å². The normalized spacial score (nSPS) is 27.5. The number of aryl methyl sites for hydroxylation is 1. The number of nitrogens with zero attached hydrogens (tertiary/aromatic N) is 1. The molecular formula is C16H18ClNO4. The molecule has 0 saturated carbocycles. The number of halogens is 1. The molecule has 1 N–H and O–H groups in total. The van der Waals surface area contributed by atoms with Crippen molar-refractivity contribution in [2.45, 2.75) is 13.3 Å². The summed E-state index contributed by atoms with van der Waals surface area (Å²) < 4.78 is 5.41. The largest absolute Gasteiger partial charge is 0.481 e. The number of ether oxygens (including phenoxy) is 1. The van der Waals surface area contributed by atoms with Gasteiger partial charge in [0.05, 0.1) is 22.6 Å². The van der Waals surface area contributed by atoms with Crippen LogP contribution in [0.5, 0.6) is 0 Å². The molecule has 5 nitrogen and oxygen atoms in total. The van der Waals surface area contributed by atoms with Crippen LogP contribution >= 0.6 is 11.6 Å². The van der Waals surface area contributed by atoms with Gasteiger partial charge < -0.3 is 14.7 Å². The van der Waals surface area contributed by atoms with E-state index >= 15 is 0 Å². The van der Waals surface area contributed by atoms with Gasteiger partial charge in [-0.3, -0.25) is 9.59 Å². The van der Waals surface area contributed by atoms with E-state index in [0.29, 0.717) is 36.8 Å². The minimum Gasteiger partial charge on any atom is -0.481 e. The van der Waals surface area contributed by atoms with Crippen molar-refractivity contribution in [3.8, 4) is 0 Å². The minimum absolute atomic E-state index is 0.161. The number of rotatable bonds is 2. The number of benzene rings is 1. The Morgan fingerprint density at radius 3 is 2.91 bits per heavy atom. The Hall–Kier alpha value is -1.59. The highest BCUT2D eigenvalue weighted by Crippen LogP contribution is 2.43. The summed E-state index contributed by atoms with van der Waals surface area (Å²) in [6.45, 7) is 3.28. The summed E-state index contributed by atoms with van der Waals surface area (Å²) in [6, 6.07) is 5.31. The van der Waals surface area contributed by atoms with Gasteiger partial charge in [-0.1, -0.05) is 23.7 Å². The van der Waals surface area contributed by atoms with Crippen LogP contribution in [0, 0.1) is 18.3 Å². The number of carbonyl (C=O) groups excluding carboxylic acids is 1. The first-order valence-corrected chi connectivity index (χ1v) is 7.69. The van der Waals surface area contributed by atoms with Gasteiger partial charge in [0.25, 0.3) is 5.91 Å². The second-order valence-electron chi connectivity index (χ2n) is 6.11. The second kappa shape index (κ2) is 5.56. The standard InChI is InChI=1S/C16H18ClNO4/c1-10-3-2-4-12(13(10)17)14(19)18-7-11-8-22-6-5-16(11,9-18)15(20)21/h2-4,11H,5-9H2,1H3,(H,20,21)/t11-,16+/m0/s1. The van der Waals surface area contributed by atoms with Gasteiger partial charge in [-0.05, 0) is 25.0 Å². The molecule has 1 aromatic carbocycles. The summed E-state index contributed by atoms with van der Waals surface area (Å²) >= 11 is 6.23. The van der Waals surface area contributed by atoms with Gasteiger partial charge in [0.15, 0.2) is 0 Å². The van der Waals surface area contributed by atoms with Crippen LogP contribution in [0.2, 0.25) is 5.02 Å². The van der Waals surface area contributed by atoms with Gasteiger partial charge in [0.2, 0.25) is 0 Å². The Balaban J connectivity index is 1.89. The van der Waals surface area contributed by atoms with E-state index in [9.17, 15) is 14.7 Å². The number of hydrogen-bond acceptors (Lipinski definition) is 3. The van der Waals surface area contributed by atoms with E-state index in [-0.39, 0.29) is 18.4 Å². The van der Waals surface area contributed by atoms with Gasteiger partial charge in [-0.2, -0.15) is 0 Å². The molecule has 0 bridgehead atoms. The molecule has 22 heavy (non-hydrogen) atoms. The molecule has 0 aromatic heterocycles. The maximum Gasteiger partial charge on any atom is 0.311 e. The summed E-state index contributed by atoms with van der Waals surface area (Å²) in [5.74, 6) is -1.21. The average molecular weight is 324 g/mol. The highest BCUT2D eigenvalue weighted by Gasteiger charge is 2.55. The van der Waals surface area contributed by atoms with Crippen molar-refractivity contribution in [3.63, 3.8) is 0 Å². The number of carboxylic acid groups (broad SMARTS) is 1. The summed E-state index contributed by atoms with van der Waals surface area (Å²) in [5.41, 5.74) is 0.381. The molecule has 0 aliphatic carbocycles. The maximum atomic E-state index is 12.7. The fraction of sp³-hybridized carbons (Fsp3) is 0.500. The van der Waals surface area contributed by atoms with Crippen LogP contribution in [-0.4, -0.2) is 48.2 Å². The molecule has 0 unspecified atom stereocenters. The van der Waals surface area contributed by atoms with Gasteiger partial charge in [0.1, 0.15) is 0 Å². The van der Waals surface area contributed by atoms with E-state index in [2.05, 4.69) is 0 Å². The number of aliphatic carboxylic acids is 1. The van der Waals surface area contributed by atoms with Crippen LogP contribution in [0.1, 0.15) is 22.3 Å². The molecule has 2 fully saturated rings. The first-order valence-electron chi connectivity index (χ1n) is 7.31. The van der Waals surface area contributed by atoms with Crippen molar-refractivity contribution in [3.05, 3.63) is 34.3 Å². The first kappa shape index (κ1) is 15.3. The Kier molecular flexibility index (Phi) is 3.87. The Morgan fingerprint density at radius 1 is 1.45 bits per heavy atom. The smallest absolute Gasteiger partial charge is 0.311 e. The number of carboxylic acids is 1. The van der Waals surface area contributed by atoms with Gasteiger partial charge in [0, 0.05) is 25.6 Å². The second-order valence-corrected chi connectivity index (χ2v) is 6.48. The molecule has 1 aromatic rings. The van der Waals surface area contributed by atoms with Crippen molar-refractivity contribution in [2.24, 2.45) is 11.3 Å². The highest BCUT2D eigenvalue weighted by molar-refractivity contribution is 6.34. The third-order valence-electron chi connectivity index (χ3n) is 4.84. The molecular weight excluding hydrogens is 306 g/mol. The number of carbonyl (C=O) groups is 2. The van der Waals surface area contributed by atoms with E-state index in [4.69, 9.17) is 16.3 Å². The van der Waals surface area contributed by atoms with Gasteiger partial charge in [-0.15, -0.1) is 0 Å². The molecule has 2 aliphatic rings.